The van der Waals surface area contributed by atoms with Crippen molar-refractivity contribution in [2.45, 2.75) is 32.3 Å². The summed E-state index contributed by atoms with van der Waals surface area (Å²) in [6.45, 7) is 4.87. The fourth-order valence-electron chi connectivity index (χ4n) is 1.86. The SMILES string of the molecule is CCNC(=NCC1CCCO1)NCCCS(C)(=O)=O. The third-order valence-corrected chi connectivity index (χ3v) is 3.84. The third kappa shape index (κ3) is 8.05. The van der Waals surface area contributed by atoms with Gasteiger partial charge in [0.25, 0.3) is 0 Å². The van der Waals surface area contributed by atoms with Gasteiger partial charge in [-0.25, -0.2) is 8.42 Å². The Labute approximate surface area is 115 Å². The second-order valence-electron chi connectivity index (χ2n) is 4.76. The maximum Gasteiger partial charge on any atom is 0.191 e. The summed E-state index contributed by atoms with van der Waals surface area (Å²) in [5.74, 6) is 0.928. The highest BCUT2D eigenvalue weighted by Crippen LogP contribution is 2.11. The van der Waals surface area contributed by atoms with Crippen molar-refractivity contribution >= 4 is 15.8 Å². The Morgan fingerprint density at radius 3 is 2.79 bits per heavy atom. The van der Waals surface area contributed by atoms with Crippen molar-refractivity contribution in [3.8, 4) is 0 Å². The van der Waals surface area contributed by atoms with Crippen LogP contribution < -0.4 is 10.6 Å². The van der Waals surface area contributed by atoms with Gasteiger partial charge in [0.2, 0.25) is 0 Å². The monoisotopic (exact) mass is 291 g/mol. The van der Waals surface area contributed by atoms with Crippen molar-refractivity contribution in [3.63, 3.8) is 0 Å². The first-order valence-corrected chi connectivity index (χ1v) is 8.89. The summed E-state index contributed by atoms with van der Waals surface area (Å²) in [6, 6.07) is 0. The highest BCUT2D eigenvalue weighted by atomic mass is 32.2. The Hall–Kier alpha value is -0.820. The topological polar surface area (TPSA) is 79.8 Å². The Morgan fingerprint density at radius 1 is 1.42 bits per heavy atom. The quantitative estimate of drug-likeness (QED) is 0.397. The van der Waals surface area contributed by atoms with E-state index in [1.807, 2.05) is 6.92 Å². The number of rotatable bonds is 7. The van der Waals surface area contributed by atoms with Crippen LogP contribution in [0.5, 0.6) is 0 Å². The number of nitrogens with one attached hydrogen (secondary N) is 2. The molecule has 0 radical (unpaired) electrons. The average molecular weight is 291 g/mol. The third-order valence-electron chi connectivity index (χ3n) is 2.81. The molecule has 0 aromatic carbocycles. The van der Waals surface area contributed by atoms with Gasteiger partial charge in [-0.3, -0.25) is 4.99 Å². The molecule has 1 saturated heterocycles. The average Bonchev–Trinajstić information content (AvgIpc) is 2.83. The van der Waals surface area contributed by atoms with Crippen LogP contribution in [0.2, 0.25) is 0 Å². The molecule has 1 fully saturated rings. The van der Waals surface area contributed by atoms with Gasteiger partial charge in [-0.2, -0.15) is 0 Å². The number of aliphatic imine (C=N–C) groups is 1. The molecule has 1 atom stereocenters. The van der Waals surface area contributed by atoms with Gasteiger partial charge in [0, 0.05) is 26.0 Å². The van der Waals surface area contributed by atoms with E-state index in [1.165, 1.54) is 6.26 Å². The van der Waals surface area contributed by atoms with Crippen molar-refractivity contribution in [2.24, 2.45) is 4.99 Å². The molecule has 0 aromatic heterocycles. The summed E-state index contributed by atoms with van der Waals surface area (Å²) >= 11 is 0. The zero-order chi connectivity index (χ0) is 14.1. The van der Waals surface area contributed by atoms with E-state index in [9.17, 15) is 8.42 Å². The largest absolute Gasteiger partial charge is 0.376 e. The molecule has 0 saturated carbocycles. The predicted molar refractivity (Wildman–Crippen MR) is 77.3 cm³/mol. The number of sulfone groups is 1. The standard InChI is InChI=1S/C12H25N3O3S/c1-3-13-12(14-7-5-9-19(2,16)17)15-10-11-6-4-8-18-11/h11H,3-10H2,1-2H3,(H2,13,14,15). The van der Waals surface area contributed by atoms with Gasteiger partial charge in [-0.05, 0) is 26.2 Å². The molecule has 0 aromatic rings. The lowest BCUT2D eigenvalue weighted by molar-refractivity contribution is 0.117. The fourth-order valence-corrected chi connectivity index (χ4v) is 2.53. The summed E-state index contributed by atoms with van der Waals surface area (Å²) in [4.78, 5) is 4.45. The molecule has 6 nitrogen and oxygen atoms in total. The van der Waals surface area contributed by atoms with Crippen LogP contribution in [0.1, 0.15) is 26.2 Å². The maximum atomic E-state index is 11.0. The predicted octanol–water partition coefficient (Wildman–Crippen LogP) is 0.155. The number of ether oxygens (including phenoxy) is 1. The molecule has 19 heavy (non-hydrogen) atoms. The number of guanidine groups is 1. The highest BCUT2D eigenvalue weighted by molar-refractivity contribution is 7.90. The van der Waals surface area contributed by atoms with E-state index < -0.39 is 9.84 Å². The van der Waals surface area contributed by atoms with Gasteiger partial charge in [-0.15, -0.1) is 0 Å². The Bertz CT molecular complexity index is 376. The normalized spacial score (nSPS) is 20.5. The minimum absolute atomic E-state index is 0.200. The van der Waals surface area contributed by atoms with E-state index in [0.29, 0.717) is 19.5 Å². The minimum atomic E-state index is -2.88. The zero-order valence-electron chi connectivity index (χ0n) is 11.8. The molecule has 0 spiro atoms. The molecule has 0 amide bonds. The summed E-state index contributed by atoms with van der Waals surface area (Å²) in [5.41, 5.74) is 0. The molecule has 1 unspecified atom stereocenters. The van der Waals surface area contributed by atoms with Crippen molar-refractivity contribution in [1.82, 2.24) is 10.6 Å². The molecule has 1 heterocycles. The molecule has 2 N–H and O–H groups in total. The van der Waals surface area contributed by atoms with Crippen LogP contribution in [0.25, 0.3) is 0 Å². The van der Waals surface area contributed by atoms with Gasteiger partial charge in [-0.1, -0.05) is 0 Å². The van der Waals surface area contributed by atoms with E-state index in [2.05, 4.69) is 15.6 Å². The van der Waals surface area contributed by atoms with E-state index in [1.54, 1.807) is 0 Å². The molecular formula is C12H25N3O3S. The lowest BCUT2D eigenvalue weighted by Gasteiger charge is -2.12. The Balaban J connectivity index is 2.28. The van der Waals surface area contributed by atoms with Crippen molar-refractivity contribution in [3.05, 3.63) is 0 Å². The molecule has 7 heteroatoms. The van der Waals surface area contributed by atoms with Crippen LogP contribution in [0.15, 0.2) is 4.99 Å². The number of hydrogen-bond donors (Lipinski definition) is 2. The van der Waals surface area contributed by atoms with Crippen molar-refractivity contribution in [2.75, 3.05) is 38.2 Å². The first kappa shape index (κ1) is 16.2. The van der Waals surface area contributed by atoms with Gasteiger partial charge in [0.1, 0.15) is 9.84 Å². The zero-order valence-corrected chi connectivity index (χ0v) is 12.6. The summed E-state index contributed by atoms with van der Waals surface area (Å²) in [5, 5.41) is 6.27. The Kier molecular flexibility index (Phi) is 7.15. The lowest BCUT2D eigenvalue weighted by atomic mass is 10.2. The maximum absolute atomic E-state index is 11.0. The molecule has 1 aliphatic heterocycles. The minimum Gasteiger partial charge on any atom is -0.376 e. The first-order chi connectivity index (χ1) is 9.01. The molecule has 0 bridgehead atoms. The lowest BCUT2D eigenvalue weighted by Crippen LogP contribution is -2.38. The second kappa shape index (κ2) is 8.37. The number of hydrogen-bond acceptors (Lipinski definition) is 4. The molecular weight excluding hydrogens is 266 g/mol. The van der Waals surface area contributed by atoms with Crippen LogP contribution in [-0.4, -0.2) is 58.7 Å². The van der Waals surface area contributed by atoms with Crippen LogP contribution in [0.4, 0.5) is 0 Å². The fraction of sp³-hybridized carbons (Fsp3) is 0.917. The molecule has 0 aliphatic carbocycles. The van der Waals surface area contributed by atoms with Crippen molar-refractivity contribution in [1.29, 1.82) is 0 Å². The van der Waals surface area contributed by atoms with E-state index >= 15 is 0 Å². The summed E-state index contributed by atoms with van der Waals surface area (Å²) in [6.07, 6.45) is 4.24. The van der Waals surface area contributed by atoms with Gasteiger partial charge < -0.3 is 15.4 Å². The van der Waals surface area contributed by atoms with Crippen LogP contribution in [0.3, 0.4) is 0 Å². The van der Waals surface area contributed by atoms with E-state index in [-0.39, 0.29) is 11.9 Å². The van der Waals surface area contributed by atoms with Crippen LogP contribution >= 0.6 is 0 Å². The second-order valence-corrected chi connectivity index (χ2v) is 7.02. The van der Waals surface area contributed by atoms with E-state index in [4.69, 9.17) is 4.74 Å². The van der Waals surface area contributed by atoms with Crippen LogP contribution in [0, 0.1) is 0 Å². The number of nitrogens with zero attached hydrogens (tertiary/aromatic N) is 1. The molecule has 1 aliphatic rings. The molecule has 1 rings (SSSR count). The van der Waals surface area contributed by atoms with E-state index in [0.717, 1.165) is 32.0 Å². The highest BCUT2D eigenvalue weighted by Gasteiger charge is 2.14. The first-order valence-electron chi connectivity index (χ1n) is 6.83. The summed E-state index contributed by atoms with van der Waals surface area (Å²) < 4.78 is 27.5. The molecule has 112 valence electrons. The van der Waals surface area contributed by atoms with Gasteiger partial charge >= 0.3 is 0 Å². The van der Waals surface area contributed by atoms with Crippen LogP contribution in [-0.2, 0) is 14.6 Å². The van der Waals surface area contributed by atoms with Crippen molar-refractivity contribution < 1.29 is 13.2 Å². The van der Waals surface area contributed by atoms with Gasteiger partial charge in [0.05, 0.1) is 18.4 Å². The van der Waals surface area contributed by atoms with Gasteiger partial charge in [0.15, 0.2) is 5.96 Å². The smallest absolute Gasteiger partial charge is 0.191 e. The Morgan fingerprint density at radius 2 is 2.21 bits per heavy atom. The summed E-state index contributed by atoms with van der Waals surface area (Å²) in [7, 11) is -2.88.